The number of halogens is 1. The standard InChI is InChI=1S/C18H15FO4/c1-11-7-18(20)23-17-9-13(4-5-14(11)17)22-10-12-3-6-16(21-2)15(19)8-12/h3-9H,10H2,1-2H3. The quantitative estimate of drug-likeness (QED) is 0.687. The van der Waals surface area contributed by atoms with Gasteiger partial charge in [-0.05, 0) is 42.3 Å². The van der Waals surface area contributed by atoms with E-state index in [9.17, 15) is 9.18 Å². The fraction of sp³-hybridized carbons (Fsp3) is 0.167. The first-order valence-electron chi connectivity index (χ1n) is 7.06. The van der Waals surface area contributed by atoms with Gasteiger partial charge in [0.2, 0.25) is 0 Å². The van der Waals surface area contributed by atoms with Gasteiger partial charge in [0.25, 0.3) is 0 Å². The highest BCUT2D eigenvalue weighted by molar-refractivity contribution is 5.81. The highest BCUT2D eigenvalue weighted by Gasteiger charge is 2.06. The van der Waals surface area contributed by atoms with E-state index < -0.39 is 11.4 Å². The summed E-state index contributed by atoms with van der Waals surface area (Å²) in [7, 11) is 1.42. The molecule has 23 heavy (non-hydrogen) atoms. The van der Waals surface area contributed by atoms with Crippen LogP contribution in [0.4, 0.5) is 4.39 Å². The Morgan fingerprint density at radius 3 is 2.70 bits per heavy atom. The van der Waals surface area contributed by atoms with E-state index in [0.29, 0.717) is 16.9 Å². The number of aryl methyl sites for hydroxylation is 1. The van der Waals surface area contributed by atoms with Crippen molar-refractivity contribution in [3.05, 3.63) is 69.8 Å². The lowest BCUT2D eigenvalue weighted by Crippen LogP contribution is -1.99. The smallest absolute Gasteiger partial charge is 0.336 e. The molecule has 0 aliphatic carbocycles. The van der Waals surface area contributed by atoms with Crippen LogP contribution < -0.4 is 15.1 Å². The molecule has 0 aliphatic rings. The van der Waals surface area contributed by atoms with E-state index in [4.69, 9.17) is 13.9 Å². The van der Waals surface area contributed by atoms with Crippen molar-refractivity contribution in [2.45, 2.75) is 13.5 Å². The Hall–Kier alpha value is -2.82. The predicted molar refractivity (Wildman–Crippen MR) is 84.5 cm³/mol. The Kier molecular flexibility index (Phi) is 4.02. The van der Waals surface area contributed by atoms with Crippen LogP contribution in [-0.4, -0.2) is 7.11 Å². The summed E-state index contributed by atoms with van der Waals surface area (Å²) < 4.78 is 29.3. The van der Waals surface area contributed by atoms with Gasteiger partial charge in [0, 0.05) is 17.5 Å². The molecule has 3 aromatic rings. The fourth-order valence-corrected chi connectivity index (χ4v) is 2.36. The number of fused-ring (bicyclic) bond motifs is 1. The third kappa shape index (κ3) is 3.18. The second-order valence-corrected chi connectivity index (χ2v) is 5.16. The molecule has 3 rings (SSSR count). The van der Waals surface area contributed by atoms with Crippen molar-refractivity contribution in [2.75, 3.05) is 7.11 Å². The zero-order valence-electron chi connectivity index (χ0n) is 12.8. The van der Waals surface area contributed by atoms with Crippen LogP contribution >= 0.6 is 0 Å². The predicted octanol–water partition coefficient (Wildman–Crippen LogP) is 3.83. The average molecular weight is 314 g/mol. The summed E-state index contributed by atoms with van der Waals surface area (Å²) in [5, 5.41) is 0.854. The maximum Gasteiger partial charge on any atom is 0.336 e. The summed E-state index contributed by atoms with van der Waals surface area (Å²) in [5.74, 6) is 0.299. The monoisotopic (exact) mass is 314 g/mol. The second-order valence-electron chi connectivity index (χ2n) is 5.16. The van der Waals surface area contributed by atoms with Gasteiger partial charge >= 0.3 is 5.63 Å². The summed E-state index contributed by atoms with van der Waals surface area (Å²) >= 11 is 0. The topological polar surface area (TPSA) is 48.7 Å². The first kappa shape index (κ1) is 15.1. The van der Waals surface area contributed by atoms with Gasteiger partial charge in [0.05, 0.1) is 7.11 Å². The van der Waals surface area contributed by atoms with Gasteiger partial charge in [0.1, 0.15) is 17.9 Å². The Balaban J connectivity index is 1.82. The summed E-state index contributed by atoms with van der Waals surface area (Å²) in [5.41, 5.74) is 1.59. The molecule has 1 heterocycles. The van der Waals surface area contributed by atoms with E-state index in [1.54, 1.807) is 24.3 Å². The van der Waals surface area contributed by atoms with Crippen molar-refractivity contribution in [2.24, 2.45) is 0 Å². The van der Waals surface area contributed by atoms with Gasteiger partial charge in [-0.25, -0.2) is 9.18 Å². The molecule has 2 aromatic carbocycles. The summed E-state index contributed by atoms with van der Waals surface area (Å²) in [4.78, 5) is 11.4. The molecule has 5 heteroatoms. The zero-order valence-corrected chi connectivity index (χ0v) is 12.8. The van der Waals surface area contributed by atoms with E-state index in [-0.39, 0.29) is 12.4 Å². The molecule has 0 atom stereocenters. The highest BCUT2D eigenvalue weighted by atomic mass is 19.1. The van der Waals surface area contributed by atoms with Gasteiger partial charge in [-0.15, -0.1) is 0 Å². The van der Waals surface area contributed by atoms with E-state index in [0.717, 1.165) is 10.9 Å². The van der Waals surface area contributed by atoms with Gasteiger partial charge in [0.15, 0.2) is 11.6 Å². The molecule has 0 fully saturated rings. The minimum absolute atomic E-state index is 0.191. The van der Waals surface area contributed by atoms with Crippen molar-refractivity contribution in [3.8, 4) is 11.5 Å². The SMILES string of the molecule is COc1ccc(COc2ccc3c(C)cc(=O)oc3c2)cc1F. The summed E-state index contributed by atoms with van der Waals surface area (Å²) in [6, 6.07) is 11.4. The molecular formula is C18H15FO4. The third-order valence-corrected chi connectivity index (χ3v) is 3.54. The molecule has 0 aliphatic heterocycles. The van der Waals surface area contributed by atoms with E-state index in [1.807, 2.05) is 13.0 Å². The first-order valence-corrected chi connectivity index (χ1v) is 7.06. The average Bonchev–Trinajstić information content (AvgIpc) is 2.52. The van der Waals surface area contributed by atoms with Crippen molar-refractivity contribution in [3.63, 3.8) is 0 Å². The van der Waals surface area contributed by atoms with E-state index in [1.165, 1.54) is 19.2 Å². The van der Waals surface area contributed by atoms with Crippen molar-refractivity contribution in [1.82, 2.24) is 0 Å². The van der Waals surface area contributed by atoms with Crippen LogP contribution in [0, 0.1) is 12.7 Å². The molecule has 0 spiro atoms. The van der Waals surface area contributed by atoms with Gasteiger partial charge in [-0.3, -0.25) is 0 Å². The summed E-state index contributed by atoms with van der Waals surface area (Å²) in [6.07, 6.45) is 0. The first-order chi connectivity index (χ1) is 11.1. The minimum atomic E-state index is -0.436. The van der Waals surface area contributed by atoms with Crippen LogP contribution in [0.5, 0.6) is 11.5 Å². The van der Waals surface area contributed by atoms with Crippen LogP contribution in [-0.2, 0) is 6.61 Å². The lowest BCUT2D eigenvalue weighted by molar-refractivity contribution is 0.304. The Bertz CT molecular complexity index is 915. The van der Waals surface area contributed by atoms with E-state index >= 15 is 0 Å². The second kappa shape index (κ2) is 6.12. The van der Waals surface area contributed by atoms with E-state index in [2.05, 4.69) is 0 Å². The number of hydrogen-bond acceptors (Lipinski definition) is 4. The molecule has 0 N–H and O–H groups in total. The number of hydrogen-bond donors (Lipinski definition) is 0. The Morgan fingerprint density at radius 1 is 1.13 bits per heavy atom. The number of rotatable bonds is 4. The number of methoxy groups -OCH3 is 1. The molecule has 4 nitrogen and oxygen atoms in total. The molecule has 0 unspecified atom stereocenters. The van der Waals surface area contributed by atoms with Crippen LogP contribution in [0.3, 0.4) is 0 Å². The lowest BCUT2D eigenvalue weighted by atomic mass is 10.1. The zero-order chi connectivity index (χ0) is 16.4. The molecule has 0 amide bonds. The number of benzene rings is 2. The Morgan fingerprint density at radius 2 is 1.96 bits per heavy atom. The largest absolute Gasteiger partial charge is 0.494 e. The Labute approximate surface area is 132 Å². The normalized spacial score (nSPS) is 10.7. The molecule has 0 saturated heterocycles. The van der Waals surface area contributed by atoms with Crippen molar-refractivity contribution in [1.29, 1.82) is 0 Å². The van der Waals surface area contributed by atoms with Crippen molar-refractivity contribution < 1.29 is 18.3 Å². The number of ether oxygens (including phenoxy) is 2. The molecule has 118 valence electrons. The van der Waals surface area contributed by atoms with Gasteiger partial charge in [-0.2, -0.15) is 0 Å². The van der Waals surface area contributed by atoms with Crippen LogP contribution in [0.25, 0.3) is 11.0 Å². The van der Waals surface area contributed by atoms with Gasteiger partial charge < -0.3 is 13.9 Å². The van der Waals surface area contributed by atoms with Crippen LogP contribution in [0.2, 0.25) is 0 Å². The molecular weight excluding hydrogens is 299 g/mol. The minimum Gasteiger partial charge on any atom is -0.494 e. The maximum atomic E-state index is 13.6. The van der Waals surface area contributed by atoms with Crippen molar-refractivity contribution >= 4 is 11.0 Å². The third-order valence-electron chi connectivity index (χ3n) is 3.54. The van der Waals surface area contributed by atoms with Gasteiger partial charge in [-0.1, -0.05) is 6.07 Å². The molecule has 0 radical (unpaired) electrons. The van der Waals surface area contributed by atoms with Crippen LogP contribution in [0.15, 0.2) is 51.7 Å². The molecule has 0 saturated carbocycles. The highest BCUT2D eigenvalue weighted by Crippen LogP contribution is 2.24. The lowest BCUT2D eigenvalue weighted by Gasteiger charge is -2.09. The maximum absolute atomic E-state index is 13.6. The molecule has 0 bridgehead atoms. The molecule has 1 aromatic heterocycles. The summed E-state index contributed by atoms with van der Waals surface area (Å²) in [6.45, 7) is 2.04. The van der Waals surface area contributed by atoms with Crippen LogP contribution in [0.1, 0.15) is 11.1 Å². The fourth-order valence-electron chi connectivity index (χ4n) is 2.36.